The highest BCUT2D eigenvalue weighted by Crippen LogP contribution is 2.22. The lowest BCUT2D eigenvalue weighted by Crippen LogP contribution is -2.22. The van der Waals surface area contributed by atoms with Gasteiger partial charge in [0.1, 0.15) is 6.10 Å². The van der Waals surface area contributed by atoms with Crippen molar-refractivity contribution in [1.29, 1.82) is 5.26 Å². The summed E-state index contributed by atoms with van der Waals surface area (Å²) in [5.74, 6) is 0. The number of aliphatic hydroxyl groups excluding tert-OH is 2. The number of rotatable bonds is 4. The molecule has 2 N–H and O–H groups in total. The molecule has 0 spiro atoms. The van der Waals surface area contributed by atoms with Crippen LogP contribution in [-0.2, 0) is 0 Å². The molecular formula is C11H12N4O2. The average molecular weight is 232 g/mol. The minimum Gasteiger partial charge on any atom is -0.390 e. The molecule has 0 bridgehead atoms. The van der Waals surface area contributed by atoms with Crippen molar-refractivity contribution in [2.45, 2.75) is 19.1 Å². The number of hydrogen-bond acceptors (Lipinski definition) is 4. The van der Waals surface area contributed by atoms with E-state index in [1.165, 1.54) is 6.07 Å². The molecule has 88 valence electrons. The maximum atomic E-state index is 9.87. The van der Waals surface area contributed by atoms with Crippen LogP contribution in [0, 0.1) is 18.3 Å². The van der Waals surface area contributed by atoms with Gasteiger partial charge in [-0.3, -0.25) is 0 Å². The number of benzene rings is 1. The summed E-state index contributed by atoms with van der Waals surface area (Å²) in [6, 6.07) is 6.79. The summed E-state index contributed by atoms with van der Waals surface area (Å²) in [5.41, 5.74) is 9.75. The molecule has 1 aromatic carbocycles. The van der Waals surface area contributed by atoms with E-state index in [1.807, 2.05) is 6.07 Å². The standard InChI is InChI=1S/C11H12N4O2/c1-7-2-3-8(5-12)4-9(7)11(17)10(16)6-14-15-13/h2-4,10-11,16-17H,6H2,1H3. The van der Waals surface area contributed by atoms with Gasteiger partial charge in [0, 0.05) is 4.91 Å². The maximum Gasteiger partial charge on any atom is 0.105 e. The molecule has 0 aliphatic rings. The van der Waals surface area contributed by atoms with Gasteiger partial charge in [0.25, 0.3) is 0 Å². The molecule has 6 nitrogen and oxygen atoms in total. The van der Waals surface area contributed by atoms with E-state index in [-0.39, 0.29) is 6.54 Å². The maximum absolute atomic E-state index is 9.87. The second-order valence-corrected chi connectivity index (χ2v) is 3.61. The van der Waals surface area contributed by atoms with Crippen molar-refractivity contribution in [3.8, 4) is 6.07 Å². The molecule has 0 aromatic heterocycles. The number of aliphatic hydroxyl groups is 2. The van der Waals surface area contributed by atoms with Crippen molar-refractivity contribution >= 4 is 0 Å². The Bertz CT molecular complexity index is 489. The third kappa shape index (κ3) is 3.20. The van der Waals surface area contributed by atoms with E-state index >= 15 is 0 Å². The van der Waals surface area contributed by atoms with Gasteiger partial charge < -0.3 is 10.2 Å². The van der Waals surface area contributed by atoms with E-state index in [9.17, 15) is 10.2 Å². The Morgan fingerprint density at radius 2 is 2.24 bits per heavy atom. The van der Waals surface area contributed by atoms with Gasteiger partial charge in [-0.1, -0.05) is 11.2 Å². The zero-order valence-electron chi connectivity index (χ0n) is 9.28. The van der Waals surface area contributed by atoms with Crippen LogP contribution in [0.5, 0.6) is 0 Å². The molecular weight excluding hydrogens is 220 g/mol. The Morgan fingerprint density at radius 1 is 1.53 bits per heavy atom. The first-order valence-corrected chi connectivity index (χ1v) is 4.97. The topological polar surface area (TPSA) is 113 Å². The molecule has 0 amide bonds. The van der Waals surface area contributed by atoms with Crippen LogP contribution in [0.4, 0.5) is 0 Å². The van der Waals surface area contributed by atoms with Crippen LogP contribution in [0.25, 0.3) is 10.4 Å². The van der Waals surface area contributed by atoms with Crippen LogP contribution in [-0.4, -0.2) is 22.9 Å². The molecule has 0 saturated carbocycles. The van der Waals surface area contributed by atoms with Crippen molar-refractivity contribution < 1.29 is 10.2 Å². The van der Waals surface area contributed by atoms with E-state index in [0.29, 0.717) is 11.1 Å². The Labute approximate surface area is 98.4 Å². The number of aryl methyl sites for hydroxylation is 1. The number of azide groups is 1. The fourth-order valence-corrected chi connectivity index (χ4v) is 1.46. The Balaban J connectivity index is 2.98. The van der Waals surface area contributed by atoms with Crippen LogP contribution in [0.15, 0.2) is 23.3 Å². The van der Waals surface area contributed by atoms with E-state index in [4.69, 9.17) is 10.8 Å². The lowest BCUT2D eigenvalue weighted by molar-refractivity contribution is 0.0240. The highest BCUT2D eigenvalue weighted by Gasteiger charge is 2.19. The lowest BCUT2D eigenvalue weighted by atomic mass is 9.97. The normalized spacial score (nSPS) is 13.3. The summed E-state index contributed by atoms with van der Waals surface area (Å²) in [4.78, 5) is 2.51. The van der Waals surface area contributed by atoms with Crippen molar-refractivity contribution in [1.82, 2.24) is 0 Å². The van der Waals surface area contributed by atoms with Gasteiger partial charge in [0.05, 0.1) is 24.3 Å². The zero-order chi connectivity index (χ0) is 12.8. The Morgan fingerprint density at radius 3 is 2.82 bits per heavy atom. The van der Waals surface area contributed by atoms with Crippen molar-refractivity contribution in [2.75, 3.05) is 6.54 Å². The second-order valence-electron chi connectivity index (χ2n) is 3.61. The first-order valence-electron chi connectivity index (χ1n) is 4.97. The van der Waals surface area contributed by atoms with Crippen LogP contribution < -0.4 is 0 Å². The largest absolute Gasteiger partial charge is 0.390 e. The summed E-state index contributed by atoms with van der Waals surface area (Å²) >= 11 is 0. The van der Waals surface area contributed by atoms with Crippen LogP contribution in [0.2, 0.25) is 0 Å². The molecule has 2 atom stereocenters. The molecule has 1 aromatic rings. The molecule has 0 fully saturated rings. The summed E-state index contributed by atoms with van der Waals surface area (Å²) in [6.45, 7) is 1.55. The minimum atomic E-state index is -1.18. The lowest BCUT2D eigenvalue weighted by Gasteiger charge is -2.18. The minimum absolute atomic E-state index is 0.214. The third-order valence-corrected chi connectivity index (χ3v) is 2.42. The molecule has 0 aliphatic carbocycles. The number of nitriles is 1. The smallest absolute Gasteiger partial charge is 0.105 e. The summed E-state index contributed by atoms with van der Waals surface area (Å²) in [6.07, 6.45) is -2.35. The number of hydrogen-bond donors (Lipinski definition) is 2. The van der Waals surface area contributed by atoms with Gasteiger partial charge in [-0.25, -0.2) is 0 Å². The first-order chi connectivity index (χ1) is 8.10. The van der Waals surface area contributed by atoms with Gasteiger partial charge in [-0.2, -0.15) is 5.26 Å². The summed E-state index contributed by atoms with van der Waals surface area (Å²) in [7, 11) is 0. The van der Waals surface area contributed by atoms with E-state index < -0.39 is 12.2 Å². The van der Waals surface area contributed by atoms with Crippen LogP contribution >= 0.6 is 0 Å². The summed E-state index contributed by atoms with van der Waals surface area (Å²) < 4.78 is 0. The SMILES string of the molecule is Cc1ccc(C#N)cc1C(O)C(O)CN=[N+]=[N-]. The van der Waals surface area contributed by atoms with Gasteiger partial charge in [-0.15, -0.1) is 0 Å². The highest BCUT2D eigenvalue weighted by atomic mass is 16.3. The van der Waals surface area contributed by atoms with E-state index in [1.54, 1.807) is 19.1 Å². The van der Waals surface area contributed by atoms with E-state index in [0.717, 1.165) is 5.56 Å². The molecule has 17 heavy (non-hydrogen) atoms. The van der Waals surface area contributed by atoms with Crippen LogP contribution in [0.1, 0.15) is 22.8 Å². The number of nitrogens with zero attached hydrogens (tertiary/aromatic N) is 4. The molecule has 0 heterocycles. The van der Waals surface area contributed by atoms with Gasteiger partial charge >= 0.3 is 0 Å². The zero-order valence-corrected chi connectivity index (χ0v) is 9.28. The monoisotopic (exact) mass is 232 g/mol. The fourth-order valence-electron chi connectivity index (χ4n) is 1.46. The van der Waals surface area contributed by atoms with Gasteiger partial charge in [0.2, 0.25) is 0 Å². The Kier molecular flexibility index (Phi) is 4.49. The quantitative estimate of drug-likeness (QED) is 0.466. The van der Waals surface area contributed by atoms with Gasteiger partial charge in [-0.05, 0) is 35.7 Å². The van der Waals surface area contributed by atoms with Crippen molar-refractivity contribution in [2.24, 2.45) is 5.11 Å². The predicted molar refractivity (Wildman–Crippen MR) is 60.9 cm³/mol. The third-order valence-electron chi connectivity index (χ3n) is 2.42. The van der Waals surface area contributed by atoms with Crippen molar-refractivity contribution in [3.63, 3.8) is 0 Å². The van der Waals surface area contributed by atoms with Crippen LogP contribution in [0.3, 0.4) is 0 Å². The molecule has 0 saturated heterocycles. The second kappa shape index (κ2) is 5.87. The molecule has 1 rings (SSSR count). The predicted octanol–water partition coefficient (Wildman–Crippen LogP) is 1.57. The molecule has 2 unspecified atom stereocenters. The molecule has 0 radical (unpaired) electrons. The summed E-state index contributed by atoms with van der Waals surface area (Å²) in [5, 5.41) is 31.4. The molecule has 6 heteroatoms. The van der Waals surface area contributed by atoms with E-state index in [2.05, 4.69) is 10.0 Å². The first kappa shape index (κ1) is 13.0. The highest BCUT2D eigenvalue weighted by molar-refractivity contribution is 5.39. The van der Waals surface area contributed by atoms with Crippen molar-refractivity contribution in [3.05, 3.63) is 45.3 Å². The Hall–Kier alpha value is -2.06. The molecule has 0 aliphatic heterocycles. The fraction of sp³-hybridized carbons (Fsp3) is 0.364. The average Bonchev–Trinajstić information content (AvgIpc) is 2.35. The van der Waals surface area contributed by atoms with Gasteiger partial charge in [0.15, 0.2) is 0 Å².